The van der Waals surface area contributed by atoms with Crippen LogP contribution in [0, 0.1) is 0 Å². The van der Waals surface area contributed by atoms with Crippen LogP contribution in [-0.4, -0.2) is 16.1 Å². The number of benzene rings is 2. The molecule has 0 aliphatic rings. The van der Waals surface area contributed by atoms with Crippen molar-refractivity contribution in [3.05, 3.63) is 69.0 Å². The molecule has 0 aliphatic heterocycles. The molecule has 3 rings (SSSR count). The molecule has 0 aliphatic carbocycles. The number of hydrogen-bond donors (Lipinski definition) is 1. The second kappa shape index (κ2) is 7.74. The normalized spacial score (nSPS) is 10.5. The zero-order valence-corrected chi connectivity index (χ0v) is 14.8. The van der Waals surface area contributed by atoms with E-state index in [1.807, 2.05) is 0 Å². The van der Waals surface area contributed by atoms with E-state index < -0.39 is 5.91 Å². The molecule has 2 aromatic carbocycles. The number of anilines is 1. The van der Waals surface area contributed by atoms with Crippen LogP contribution in [-0.2, 0) is 6.61 Å². The number of nitrogens with one attached hydrogen (secondary N) is 1. The third-order valence-electron chi connectivity index (χ3n) is 3.04. The van der Waals surface area contributed by atoms with E-state index in [4.69, 9.17) is 44.0 Å². The highest BCUT2D eigenvalue weighted by atomic mass is 35.5. The van der Waals surface area contributed by atoms with Gasteiger partial charge in [-0.2, -0.15) is 0 Å². The molecule has 25 heavy (non-hydrogen) atoms. The Kier molecular flexibility index (Phi) is 5.43. The first kappa shape index (κ1) is 17.5. The number of carbonyl (C=O) groups excluding carboxylic acids is 1. The Bertz CT molecular complexity index is 897. The third-order valence-corrected chi connectivity index (χ3v) is 3.82. The molecule has 0 fully saturated rings. The minimum Gasteiger partial charge on any atom is -0.482 e. The van der Waals surface area contributed by atoms with Crippen molar-refractivity contribution in [3.63, 3.8) is 0 Å². The van der Waals surface area contributed by atoms with Crippen LogP contribution in [0.25, 0.3) is 0 Å². The Morgan fingerprint density at radius 3 is 2.48 bits per heavy atom. The SMILES string of the molecule is O=C(Nc1nnc(COc2ccc(Cl)cc2Cl)o1)c1ccc(Cl)cc1. The molecule has 0 atom stereocenters. The summed E-state index contributed by atoms with van der Waals surface area (Å²) in [5.41, 5.74) is 0.411. The second-order valence-electron chi connectivity index (χ2n) is 4.83. The topological polar surface area (TPSA) is 77.2 Å². The number of halogens is 3. The highest BCUT2D eigenvalue weighted by molar-refractivity contribution is 6.35. The van der Waals surface area contributed by atoms with Crippen molar-refractivity contribution < 1.29 is 13.9 Å². The number of nitrogens with zero attached hydrogens (tertiary/aromatic N) is 2. The van der Waals surface area contributed by atoms with Crippen LogP contribution >= 0.6 is 34.8 Å². The molecule has 1 aromatic heterocycles. The van der Waals surface area contributed by atoms with Crippen LogP contribution in [0.4, 0.5) is 6.01 Å². The molecular formula is C16H10Cl3N3O3. The van der Waals surface area contributed by atoms with E-state index >= 15 is 0 Å². The molecule has 1 heterocycles. The average Bonchev–Trinajstić information content (AvgIpc) is 3.02. The summed E-state index contributed by atoms with van der Waals surface area (Å²) in [5, 5.41) is 11.4. The van der Waals surface area contributed by atoms with Gasteiger partial charge >= 0.3 is 6.01 Å². The molecular weight excluding hydrogens is 389 g/mol. The molecule has 3 aromatic rings. The predicted molar refractivity (Wildman–Crippen MR) is 94.5 cm³/mol. The van der Waals surface area contributed by atoms with Gasteiger partial charge in [-0.3, -0.25) is 10.1 Å². The summed E-state index contributed by atoms with van der Waals surface area (Å²) in [7, 11) is 0. The van der Waals surface area contributed by atoms with E-state index in [2.05, 4.69) is 15.5 Å². The van der Waals surface area contributed by atoms with Crippen molar-refractivity contribution in [2.45, 2.75) is 6.61 Å². The van der Waals surface area contributed by atoms with Gasteiger partial charge in [0.15, 0.2) is 6.61 Å². The standard InChI is InChI=1S/C16H10Cl3N3O3/c17-10-3-1-9(2-4-10)15(23)20-16-22-21-14(25-16)8-24-13-6-5-11(18)7-12(13)19/h1-7H,8H2,(H,20,22,23). The first-order valence-corrected chi connectivity index (χ1v) is 8.12. The van der Waals surface area contributed by atoms with Crippen molar-refractivity contribution in [3.8, 4) is 5.75 Å². The summed E-state index contributed by atoms with van der Waals surface area (Å²) in [6, 6.07) is 11.2. The van der Waals surface area contributed by atoms with Gasteiger partial charge in [-0.15, -0.1) is 5.10 Å². The van der Waals surface area contributed by atoms with E-state index in [9.17, 15) is 4.79 Å². The van der Waals surface area contributed by atoms with Gasteiger partial charge in [-0.25, -0.2) is 0 Å². The largest absolute Gasteiger partial charge is 0.482 e. The van der Waals surface area contributed by atoms with Crippen LogP contribution < -0.4 is 10.1 Å². The Morgan fingerprint density at radius 2 is 1.76 bits per heavy atom. The number of carbonyl (C=O) groups is 1. The highest BCUT2D eigenvalue weighted by Gasteiger charge is 2.12. The Morgan fingerprint density at radius 1 is 1.04 bits per heavy atom. The van der Waals surface area contributed by atoms with Crippen LogP contribution in [0.2, 0.25) is 15.1 Å². The molecule has 0 unspecified atom stereocenters. The van der Waals surface area contributed by atoms with Crippen molar-refractivity contribution in [2.24, 2.45) is 0 Å². The van der Waals surface area contributed by atoms with Crippen molar-refractivity contribution >= 4 is 46.7 Å². The maximum Gasteiger partial charge on any atom is 0.322 e. The Hall–Kier alpha value is -2.28. The fraction of sp³-hybridized carbons (Fsp3) is 0.0625. The van der Waals surface area contributed by atoms with Gasteiger partial charge in [-0.1, -0.05) is 39.9 Å². The van der Waals surface area contributed by atoms with E-state index in [1.165, 1.54) is 0 Å². The lowest BCUT2D eigenvalue weighted by Crippen LogP contribution is -2.11. The number of rotatable bonds is 5. The van der Waals surface area contributed by atoms with Crippen LogP contribution in [0.1, 0.15) is 16.2 Å². The summed E-state index contributed by atoms with van der Waals surface area (Å²) in [4.78, 5) is 12.0. The van der Waals surface area contributed by atoms with Gasteiger partial charge in [-0.05, 0) is 42.5 Å². The number of hydrogen-bond acceptors (Lipinski definition) is 5. The van der Waals surface area contributed by atoms with E-state index in [0.29, 0.717) is 26.4 Å². The lowest BCUT2D eigenvalue weighted by Gasteiger charge is -2.05. The van der Waals surface area contributed by atoms with Crippen molar-refractivity contribution in [1.82, 2.24) is 10.2 Å². The fourth-order valence-electron chi connectivity index (χ4n) is 1.86. The molecule has 1 N–H and O–H groups in total. The Balaban J connectivity index is 1.60. The first-order chi connectivity index (χ1) is 12.0. The zero-order valence-electron chi connectivity index (χ0n) is 12.5. The fourth-order valence-corrected chi connectivity index (χ4v) is 2.45. The summed E-state index contributed by atoms with van der Waals surface area (Å²) < 4.78 is 10.8. The van der Waals surface area contributed by atoms with Crippen LogP contribution in [0.3, 0.4) is 0 Å². The van der Waals surface area contributed by atoms with Crippen molar-refractivity contribution in [1.29, 1.82) is 0 Å². The Labute approximate surface area is 157 Å². The highest BCUT2D eigenvalue weighted by Crippen LogP contribution is 2.28. The summed E-state index contributed by atoms with van der Waals surface area (Å²) in [6.45, 7) is -0.00876. The van der Waals surface area contributed by atoms with Gasteiger partial charge in [0.2, 0.25) is 0 Å². The van der Waals surface area contributed by atoms with E-state index in [-0.39, 0.29) is 18.5 Å². The molecule has 0 spiro atoms. The first-order valence-electron chi connectivity index (χ1n) is 6.98. The van der Waals surface area contributed by atoms with Gasteiger partial charge < -0.3 is 9.15 Å². The van der Waals surface area contributed by atoms with Crippen LogP contribution in [0.5, 0.6) is 5.75 Å². The maximum atomic E-state index is 12.0. The molecule has 128 valence electrons. The monoisotopic (exact) mass is 397 g/mol. The van der Waals surface area contributed by atoms with Gasteiger partial charge in [0.25, 0.3) is 11.8 Å². The predicted octanol–water partition coefficient (Wildman–Crippen LogP) is 4.86. The van der Waals surface area contributed by atoms with Crippen LogP contribution in [0.15, 0.2) is 46.9 Å². The van der Waals surface area contributed by atoms with Gasteiger partial charge in [0, 0.05) is 15.6 Å². The smallest absolute Gasteiger partial charge is 0.322 e. The molecule has 0 radical (unpaired) electrons. The summed E-state index contributed by atoms with van der Waals surface area (Å²) in [5.74, 6) is 0.210. The minimum absolute atomic E-state index is 0.00876. The van der Waals surface area contributed by atoms with E-state index in [1.54, 1.807) is 42.5 Å². The van der Waals surface area contributed by atoms with Gasteiger partial charge in [0.05, 0.1) is 5.02 Å². The maximum absolute atomic E-state index is 12.0. The van der Waals surface area contributed by atoms with Crippen molar-refractivity contribution in [2.75, 3.05) is 5.32 Å². The van der Waals surface area contributed by atoms with Gasteiger partial charge in [0.1, 0.15) is 5.75 Å². The molecule has 0 saturated carbocycles. The minimum atomic E-state index is -0.395. The number of ether oxygens (including phenoxy) is 1. The zero-order chi connectivity index (χ0) is 17.8. The molecule has 1 amide bonds. The summed E-state index contributed by atoms with van der Waals surface area (Å²) in [6.07, 6.45) is 0. The third kappa shape index (κ3) is 4.63. The number of aromatic nitrogens is 2. The summed E-state index contributed by atoms with van der Waals surface area (Å²) >= 11 is 17.6. The lowest BCUT2D eigenvalue weighted by molar-refractivity contribution is 0.102. The van der Waals surface area contributed by atoms with E-state index in [0.717, 1.165) is 0 Å². The molecule has 6 nitrogen and oxygen atoms in total. The molecule has 0 saturated heterocycles. The lowest BCUT2D eigenvalue weighted by atomic mass is 10.2. The average molecular weight is 399 g/mol. The quantitative estimate of drug-likeness (QED) is 0.664. The molecule has 9 heteroatoms. The second-order valence-corrected chi connectivity index (χ2v) is 6.11. The number of amides is 1. The molecule has 0 bridgehead atoms.